The lowest BCUT2D eigenvalue weighted by Gasteiger charge is -2.33. The molecule has 0 aromatic carbocycles. The van der Waals surface area contributed by atoms with Gasteiger partial charge < -0.3 is 10.2 Å². The molecule has 0 saturated carbocycles. The maximum Gasteiger partial charge on any atom is 0.0277 e. The van der Waals surface area contributed by atoms with Crippen LogP contribution in [0.3, 0.4) is 0 Å². The first-order valence-corrected chi connectivity index (χ1v) is 6.53. The maximum atomic E-state index is 3.68. The molecule has 0 aromatic rings. The summed E-state index contributed by atoms with van der Waals surface area (Å²) in [6, 6.07) is 0. The molecule has 1 heterocycles. The summed E-state index contributed by atoms with van der Waals surface area (Å²) in [4.78, 5) is 2.64. The molecule has 0 spiro atoms. The van der Waals surface area contributed by atoms with Gasteiger partial charge in [-0.05, 0) is 51.7 Å². The number of nitrogens with one attached hydrogen (secondary N) is 1. The second-order valence-corrected chi connectivity index (χ2v) is 5.65. The number of nitrogens with zero attached hydrogens (tertiary/aromatic N) is 1. The van der Waals surface area contributed by atoms with E-state index in [1.54, 1.807) is 0 Å². The van der Waals surface area contributed by atoms with Gasteiger partial charge in [0.2, 0.25) is 0 Å². The van der Waals surface area contributed by atoms with Crippen LogP contribution in [-0.2, 0) is 0 Å². The van der Waals surface area contributed by atoms with Crippen LogP contribution >= 0.6 is 0 Å². The van der Waals surface area contributed by atoms with Crippen molar-refractivity contribution in [2.24, 2.45) is 5.92 Å². The monoisotopic (exact) mass is 212 g/mol. The molecule has 1 aliphatic rings. The molecule has 0 aliphatic carbocycles. The normalized spacial score (nSPS) is 29.4. The zero-order chi connectivity index (χ0) is 11.3. The third-order valence-electron chi connectivity index (χ3n) is 3.58. The highest BCUT2D eigenvalue weighted by atomic mass is 15.2. The molecule has 15 heavy (non-hydrogen) atoms. The van der Waals surface area contributed by atoms with Gasteiger partial charge in [0.15, 0.2) is 0 Å². The smallest absolute Gasteiger partial charge is 0.0277 e. The molecule has 1 N–H and O–H groups in total. The lowest BCUT2D eigenvalue weighted by Crippen LogP contribution is -2.48. The second-order valence-electron chi connectivity index (χ2n) is 5.65. The minimum Gasteiger partial charge on any atom is -0.310 e. The van der Waals surface area contributed by atoms with Gasteiger partial charge in [-0.2, -0.15) is 0 Å². The molecule has 1 atom stereocenters. The molecule has 0 amide bonds. The fourth-order valence-electron chi connectivity index (χ4n) is 2.19. The first kappa shape index (κ1) is 13.0. The summed E-state index contributed by atoms with van der Waals surface area (Å²) >= 11 is 0. The molecule has 1 aliphatic heterocycles. The molecule has 90 valence electrons. The van der Waals surface area contributed by atoms with Gasteiger partial charge >= 0.3 is 0 Å². The number of rotatable bonds is 4. The van der Waals surface area contributed by atoms with Crippen LogP contribution in [0.1, 0.15) is 47.0 Å². The molecule has 0 bridgehead atoms. The lowest BCUT2D eigenvalue weighted by atomic mass is 9.98. The molecule has 1 saturated heterocycles. The highest BCUT2D eigenvalue weighted by Crippen LogP contribution is 2.16. The molecular formula is C13H28N2. The Hall–Kier alpha value is -0.0800. The van der Waals surface area contributed by atoms with Crippen LogP contribution in [0.15, 0.2) is 0 Å². The van der Waals surface area contributed by atoms with E-state index in [-0.39, 0.29) is 0 Å². The summed E-state index contributed by atoms with van der Waals surface area (Å²) in [6.07, 6.45) is 3.86. The van der Waals surface area contributed by atoms with E-state index in [1.165, 1.54) is 45.4 Å². The number of hydrogen-bond donors (Lipinski definition) is 1. The quantitative estimate of drug-likeness (QED) is 0.770. The summed E-state index contributed by atoms with van der Waals surface area (Å²) < 4.78 is 0. The van der Waals surface area contributed by atoms with Crippen LogP contribution in [0.2, 0.25) is 0 Å². The van der Waals surface area contributed by atoms with E-state index in [9.17, 15) is 0 Å². The fraction of sp³-hybridized carbons (Fsp3) is 1.00. The van der Waals surface area contributed by atoms with E-state index < -0.39 is 0 Å². The predicted molar refractivity (Wildman–Crippen MR) is 67.2 cm³/mol. The largest absolute Gasteiger partial charge is 0.310 e. The third kappa shape index (κ3) is 4.52. The minimum absolute atomic E-state index is 0.341. The first-order valence-electron chi connectivity index (χ1n) is 6.53. The predicted octanol–water partition coefficient (Wildman–Crippen LogP) is 2.50. The van der Waals surface area contributed by atoms with E-state index >= 15 is 0 Å². The second kappa shape index (κ2) is 5.86. The molecule has 2 nitrogen and oxygen atoms in total. The van der Waals surface area contributed by atoms with E-state index in [1.807, 2.05) is 0 Å². The maximum absolute atomic E-state index is 3.68. The van der Waals surface area contributed by atoms with Crippen LogP contribution in [0.25, 0.3) is 0 Å². The van der Waals surface area contributed by atoms with Crippen LogP contribution in [0.5, 0.6) is 0 Å². The summed E-state index contributed by atoms with van der Waals surface area (Å²) in [5, 5.41) is 3.68. The molecule has 1 unspecified atom stereocenters. The first-order chi connectivity index (χ1) is 7.06. The van der Waals surface area contributed by atoms with Crippen LogP contribution < -0.4 is 5.32 Å². The standard InChI is InChI=1S/C13H28N2/c1-5-13(4)11-15(9-6-8-14-13)10-7-12(2)3/h12,14H,5-11H2,1-4H3. The van der Waals surface area contributed by atoms with Gasteiger partial charge in [-0.1, -0.05) is 20.8 Å². The van der Waals surface area contributed by atoms with Gasteiger partial charge in [0.1, 0.15) is 0 Å². The summed E-state index contributed by atoms with van der Waals surface area (Å²) in [5.41, 5.74) is 0.341. The van der Waals surface area contributed by atoms with Crippen molar-refractivity contribution >= 4 is 0 Å². The molecular weight excluding hydrogens is 184 g/mol. The van der Waals surface area contributed by atoms with Crippen molar-refractivity contribution in [2.45, 2.75) is 52.5 Å². The highest BCUT2D eigenvalue weighted by Gasteiger charge is 2.26. The zero-order valence-corrected chi connectivity index (χ0v) is 11.0. The van der Waals surface area contributed by atoms with Crippen LogP contribution in [0.4, 0.5) is 0 Å². The Morgan fingerprint density at radius 1 is 1.40 bits per heavy atom. The van der Waals surface area contributed by atoms with Gasteiger partial charge in [-0.15, -0.1) is 0 Å². The number of hydrogen-bond acceptors (Lipinski definition) is 2. The van der Waals surface area contributed by atoms with Crippen LogP contribution in [0, 0.1) is 5.92 Å². The molecule has 0 radical (unpaired) electrons. The zero-order valence-electron chi connectivity index (χ0n) is 11.0. The molecule has 0 aromatic heterocycles. The Kier molecular flexibility index (Phi) is 5.07. The highest BCUT2D eigenvalue weighted by molar-refractivity contribution is 4.87. The lowest BCUT2D eigenvalue weighted by molar-refractivity contribution is 0.206. The molecule has 1 fully saturated rings. The SMILES string of the molecule is CCC1(C)CN(CCC(C)C)CCCN1. The summed E-state index contributed by atoms with van der Waals surface area (Å²) in [5.74, 6) is 0.828. The van der Waals surface area contributed by atoms with Crippen molar-refractivity contribution in [3.63, 3.8) is 0 Å². The van der Waals surface area contributed by atoms with E-state index in [0.717, 1.165) is 5.92 Å². The van der Waals surface area contributed by atoms with E-state index in [2.05, 4.69) is 37.9 Å². The average molecular weight is 212 g/mol. The van der Waals surface area contributed by atoms with E-state index in [4.69, 9.17) is 0 Å². The van der Waals surface area contributed by atoms with Crippen molar-refractivity contribution in [1.29, 1.82) is 0 Å². The third-order valence-corrected chi connectivity index (χ3v) is 3.58. The summed E-state index contributed by atoms with van der Waals surface area (Å²) in [7, 11) is 0. The summed E-state index contributed by atoms with van der Waals surface area (Å²) in [6.45, 7) is 14.2. The van der Waals surface area contributed by atoms with Gasteiger partial charge in [-0.3, -0.25) is 0 Å². The molecule has 2 heteroatoms. The Labute approximate surface area is 95.4 Å². The van der Waals surface area contributed by atoms with Crippen molar-refractivity contribution in [3.8, 4) is 0 Å². The van der Waals surface area contributed by atoms with Gasteiger partial charge in [-0.25, -0.2) is 0 Å². The Morgan fingerprint density at radius 3 is 2.73 bits per heavy atom. The van der Waals surface area contributed by atoms with Crippen molar-refractivity contribution in [3.05, 3.63) is 0 Å². The van der Waals surface area contributed by atoms with Crippen LogP contribution in [-0.4, -0.2) is 36.6 Å². The Morgan fingerprint density at radius 2 is 2.13 bits per heavy atom. The van der Waals surface area contributed by atoms with Crippen molar-refractivity contribution < 1.29 is 0 Å². The minimum atomic E-state index is 0.341. The van der Waals surface area contributed by atoms with Crippen molar-refractivity contribution in [2.75, 3.05) is 26.2 Å². The van der Waals surface area contributed by atoms with Crippen molar-refractivity contribution in [1.82, 2.24) is 10.2 Å². The molecule has 1 rings (SSSR count). The Balaban J connectivity index is 2.42. The average Bonchev–Trinajstić information content (AvgIpc) is 2.38. The van der Waals surface area contributed by atoms with Gasteiger partial charge in [0.05, 0.1) is 0 Å². The Bertz CT molecular complexity index is 179. The topological polar surface area (TPSA) is 15.3 Å². The van der Waals surface area contributed by atoms with Gasteiger partial charge in [0.25, 0.3) is 0 Å². The fourth-order valence-corrected chi connectivity index (χ4v) is 2.19. The van der Waals surface area contributed by atoms with Gasteiger partial charge in [0, 0.05) is 12.1 Å². The van der Waals surface area contributed by atoms with E-state index in [0.29, 0.717) is 5.54 Å².